The lowest BCUT2D eigenvalue weighted by Gasteiger charge is -2.10. The van der Waals surface area contributed by atoms with Crippen LogP contribution in [0, 0.1) is 13.8 Å². The van der Waals surface area contributed by atoms with Crippen molar-refractivity contribution in [3.8, 4) is 17.2 Å². The predicted molar refractivity (Wildman–Crippen MR) is 102 cm³/mol. The lowest BCUT2D eigenvalue weighted by atomic mass is 10.1. The van der Waals surface area contributed by atoms with Gasteiger partial charge < -0.3 is 19.5 Å². The molecule has 2 aromatic carbocycles. The first kappa shape index (κ1) is 19.6. The lowest BCUT2D eigenvalue weighted by Crippen LogP contribution is -2.29. The van der Waals surface area contributed by atoms with Gasteiger partial charge in [0, 0.05) is 6.54 Å². The van der Waals surface area contributed by atoms with Crippen LogP contribution in [0.5, 0.6) is 17.2 Å². The number of nitrogens with one attached hydrogen (secondary N) is 1. The standard InChI is InChI=1S/C21H27NO4/c1-15-7-9-18(12-16(15)2)26-14-21(23)22-11-5-6-17-8-10-19(24-3)20(13-17)25-4/h7-10,12-13H,5-6,11,14H2,1-4H3,(H,22,23). The van der Waals surface area contributed by atoms with E-state index in [1.54, 1.807) is 14.2 Å². The van der Waals surface area contributed by atoms with E-state index in [0.717, 1.165) is 29.7 Å². The third-order valence-electron chi connectivity index (χ3n) is 4.26. The van der Waals surface area contributed by atoms with Crippen LogP contribution in [0.25, 0.3) is 0 Å². The summed E-state index contributed by atoms with van der Waals surface area (Å²) in [5, 5.41) is 2.88. The number of rotatable bonds is 9. The number of carbonyl (C=O) groups excluding carboxylic acids is 1. The normalized spacial score (nSPS) is 10.3. The summed E-state index contributed by atoms with van der Waals surface area (Å²) in [6.07, 6.45) is 1.68. The molecule has 2 aromatic rings. The molecule has 0 bridgehead atoms. The van der Waals surface area contributed by atoms with E-state index in [-0.39, 0.29) is 12.5 Å². The van der Waals surface area contributed by atoms with E-state index >= 15 is 0 Å². The summed E-state index contributed by atoms with van der Waals surface area (Å²) >= 11 is 0. The van der Waals surface area contributed by atoms with Gasteiger partial charge in [0.1, 0.15) is 5.75 Å². The van der Waals surface area contributed by atoms with Crippen molar-refractivity contribution in [2.45, 2.75) is 26.7 Å². The van der Waals surface area contributed by atoms with Crippen LogP contribution in [-0.2, 0) is 11.2 Å². The average molecular weight is 357 g/mol. The molecule has 0 aliphatic rings. The van der Waals surface area contributed by atoms with Crippen molar-refractivity contribution in [2.24, 2.45) is 0 Å². The summed E-state index contributed by atoms with van der Waals surface area (Å²) in [5.74, 6) is 2.04. The van der Waals surface area contributed by atoms with Gasteiger partial charge in [-0.15, -0.1) is 0 Å². The van der Waals surface area contributed by atoms with Gasteiger partial charge in [0.2, 0.25) is 0 Å². The molecular formula is C21H27NO4. The third-order valence-corrected chi connectivity index (χ3v) is 4.26. The van der Waals surface area contributed by atoms with Gasteiger partial charge >= 0.3 is 0 Å². The van der Waals surface area contributed by atoms with Crippen molar-refractivity contribution >= 4 is 5.91 Å². The smallest absolute Gasteiger partial charge is 0.257 e. The fourth-order valence-corrected chi connectivity index (χ4v) is 2.56. The van der Waals surface area contributed by atoms with Gasteiger partial charge in [0.25, 0.3) is 5.91 Å². The number of methoxy groups -OCH3 is 2. The fraction of sp³-hybridized carbons (Fsp3) is 0.381. The summed E-state index contributed by atoms with van der Waals surface area (Å²) < 4.78 is 16.1. The number of benzene rings is 2. The van der Waals surface area contributed by atoms with Crippen molar-refractivity contribution in [2.75, 3.05) is 27.4 Å². The average Bonchev–Trinajstić information content (AvgIpc) is 2.66. The zero-order chi connectivity index (χ0) is 18.9. The Balaban J connectivity index is 1.70. The number of amides is 1. The summed E-state index contributed by atoms with van der Waals surface area (Å²) in [5.41, 5.74) is 3.50. The van der Waals surface area contributed by atoms with Gasteiger partial charge in [-0.2, -0.15) is 0 Å². The Kier molecular flexibility index (Phi) is 7.33. The van der Waals surface area contributed by atoms with Crippen molar-refractivity contribution < 1.29 is 19.0 Å². The van der Waals surface area contributed by atoms with E-state index in [2.05, 4.69) is 5.32 Å². The van der Waals surface area contributed by atoms with Crippen LogP contribution in [0.4, 0.5) is 0 Å². The minimum atomic E-state index is -0.115. The first-order valence-electron chi connectivity index (χ1n) is 8.71. The highest BCUT2D eigenvalue weighted by atomic mass is 16.5. The van der Waals surface area contributed by atoms with Gasteiger partial charge in [0.15, 0.2) is 18.1 Å². The van der Waals surface area contributed by atoms with Crippen molar-refractivity contribution in [1.82, 2.24) is 5.32 Å². The van der Waals surface area contributed by atoms with Crippen LogP contribution in [0.1, 0.15) is 23.1 Å². The molecule has 0 atom stereocenters. The maximum absolute atomic E-state index is 11.9. The van der Waals surface area contributed by atoms with Crippen molar-refractivity contribution in [3.05, 3.63) is 53.1 Å². The number of hydrogen-bond donors (Lipinski definition) is 1. The first-order chi connectivity index (χ1) is 12.5. The van der Waals surface area contributed by atoms with Crippen LogP contribution in [0.3, 0.4) is 0 Å². The maximum atomic E-state index is 11.9. The molecule has 0 aromatic heterocycles. The minimum Gasteiger partial charge on any atom is -0.493 e. The topological polar surface area (TPSA) is 56.8 Å². The van der Waals surface area contributed by atoms with E-state index in [4.69, 9.17) is 14.2 Å². The monoisotopic (exact) mass is 357 g/mol. The zero-order valence-electron chi connectivity index (χ0n) is 15.9. The Bertz CT molecular complexity index is 743. The Morgan fingerprint density at radius 2 is 1.73 bits per heavy atom. The second-order valence-electron chi connectivity index (χ2n) is 6.18. The zero-order valence-corrected chi connectivity index (χ0v) is 15.9. The fourth-order valence-electron chi connectivity index (χ4n) is 2.56. The summed E-state index contributed by atoms with van der Waals surface area (Å²) in [6.45, 7) is 4.70. The minimum absolute atomic E-state index is 0.0266. The highest BCUT2D eigenvalue weighted by molar-refractivity contribution is 5.77. The van der Waals surface area contributed by atoms with E-state index in [0.29, 0.717) is 18.0 Å². The quantitative estimate of drug-likeness (QED) is 0.699. The molecule has 5 nitrogen and oxygen atoms in total. The molecular weight excluding hydrogens is 330 g/mol. The Hall–Kier alpha value is -2.69. The van der Waals surface area contributed by atoms with Crippen LogP contribution < -0.4 is 19.5 Å². The molecule has 0 saturated heterocycles. The number of hydrogen-bond acceptors (Lipinski definition) is 4. The molecule has 140 valence electrons. The molecule has 0 saturated carbocycles. The van der Waals surface area contributed by atoms with Crippen LogP contribution in [0.15, 0.2) is 36.4 Å². The van der Waals surface area contributed by atoms with Crippen molar-refractivity contribution in [3.63, 3.8) is 0 Å². The molecule has 0 aliphatic heterocycles. The van der Waals surface area contributed by atoms with E-state index in [1.807, 2.05) is 50.2 Å². The van der Waals surface area contributed by atoms with Gasteiger partial charge in [-0.3, -0.25) is 4.79 Å². The van der Waals surface area contributed by atoms with Crippen LogP contribution >= 0.6 is 0 Å². The Morgan fingerprint density at radius 1 is 0.962 bits per heavy atom. The molecule has 0 radical (unpaired) electrons. The molecule has 26 heavy (non-hydrogen) atoms. The second kappa shape index (κ2) is 9.70. The summed E-state index contributed by atoms with van der Waals surface area (Å²) in [4.78, 5) is 11.9. The number of aryl methyl sites for hydroxylation is 3. The molecule has 1 amide bonds. The molecule has 1 N–H and O–H groups in total. The Labute approximate surface area is 155 Å². The molecule has 5 heteroatoms. The second-order valence-corrected chi connectivity index (χ2v) is 6.18. The van der Waals surface area contributed by atoms with Crippen LogP contribution in [0.2, 0.25) is 0 Å². The molecule has 0 spiro atoms. The summed E-state index contributed by atoms with van der Waals surface area (Å²) in [7, 11) is 3.24. The van der Waals surface area contributed by atoms with E-state index in [1.165, 1.54) is 5.56 Å². The number of carbonyl (C=O) groups is 1. The van der Waals surface area contributed by atoms with Gasteiger partial charge in [0.05, 0.1) is 14.2 Å². The SMILES string of the molecule is COc1ccc(CCCNC(=O)COc2ccc(C)c(C)c2)cc1OC. The molecule has 0 fully saturated rings. The van der Waals surface area contributed by atoms with E-state index in [9.17, 15) is 4.79 Å². The van der Waals surface area contributed by atoms with Crippen molar-refractivity contribution in [1.29, 1.82) is 0 Å². The van der Waals surface area contributed by atoms with E-state index < -0.39 is 0 Å². The third kappa shape index (κ3) is 5.69. The Morgan fingerprint density at radius 3 is 2.42 bits per heavy atom. The molecule has 0 unspecified atom stereocenters. The molecule has 0 aliphatic carbocycles. The largest absolute Gasteiger partial charge is 0.493 e. The molecule has 2 rings (SSSR count). The highest BCUT2D eigenvalue weighted by Crippen LogP contribution is 2.27. The maximum Gasteiger partial charge on any atom is 0.257 e. The van der Waals surface area contributed by atoms with Crippen LogP contribution in [-0.4, -0.2) is 33.3 Å². The summed E-state index contributed by atoms with van der Waals surface area (Å²) in [6, 6.07) is 11.7. The highest BCUT2D eigenvalue weighted by Gasteiger charge is 2.06. The van der Waals surface area contributed by atoms with Gasteiger partial charge in [-0.1, -0.05) is 12.1 Å². The first-order valence-corrected chi connectivity index (χ1v) is 8.71. The lowest BCUT2D eigenvalue weighted by molar-refractivity contribution is -0.123. The number of ether oxygens (including phenoxy) is 3. The van der Waals surface area contributed by atoms with Gasteiger partial charge in [-0.25, -0.2) is 0 Å². The molecule has 0 heterocycles. The van der Waals surface area contributed by atoms with Gasteiger partial charge in [-0.05, 0) is 67.6 Å². The predicted octanol–water partition coefficient (Wildman–Crippen LogP) is 3.45.